The second-order valence-electron chi connectivity index (χ2n) is 6.04. The van der Waals surface area contributed by atoms with Gasteiger partial charge in [0.05, 0.1) is 33.4 Å². The van der Waals surface area contributed by atoms with E-state index in [0.717, 1.165) is 54.5 Å². The number of benzene rings is 1. The van der Waals surface area contributed by atoms with E-state index < -0.39 is 22.4 Å². The van der Waals surface area contributed by atoms with Gasteiger partial charge in [-0.1, -0.05) is 0 Å². The molecule has 1 aliphatic rings. The van der Waals surface area contributed by atoms with Crippen LogP contribution in [-0.2, 0) is 17.4 Å². The number of amides is 1. The zero-order valence-electron chi connectivity index (χ0n) is 13.9. The molecule has 10 heteroatoms. The number of rotatable bonds is 5. The molecule has 6 nitrogen and oxygen atoms in total. The van der Waals surface area contributed by atoms with E-state index in [1.807, 2.05) is 0 Å². The minimum atomic E-state index is -4.67. The molecule has 0 radical (unpaired) electrons. The predicted molar refractivity (Wildman–Crippen MR) is 91.4 cm³/mol. The maximum Gasteiger partial charge on any atom is 0.416 e. The molecule has 144 valence electrons. The minimum absolute atomic E-state index is 0.00999. The van der Waals surface area contributed by atoms with E-state index in [4.69, 9.17) is 4.42 Å². The van der Waals surface area contributed by atoms with Crippen LogP contribution in [0.4, 0.5) is 18.9 Å². The van der Waals surface area contributed by atoms with Gasteiger partial charge in [-0.25, -0.2) is 0 Å². The Morgan fingerprint density at radius 2 is 2.15 bits per heavy atom. The van der Waals surface area contributed by atoms with Gasteiger partial charge in [0.25, 0.3) is 5.69 Å². The fraction of sp³-hybridized carbons (Fsp3) is 0.353. The third-order valence-corrected chi connectivity index (χ3v) is 5.29. The Balaban J connectivity index is 1.66. The second-order valence-corrected chi connectivity index (χ2v) is 7.05. The molecule has 0 spiro atoms. The summed E-state index contributed by atoms with van der Waals surface area (Å²) in [7, 11) is 0. The monoisotopic (exact) mass is 400 g/mol. The molecule has 1 atom stereocenters. The number of halogens is 3. The van der Waals surface area contributed by atoms with Crippen LogP contribution < -0.4 is 5.32 Å². The van der Waals surface area contributed by atoms with Crippen molar-refractivity contribution in [1.29, 1.82) is 0 Å². The van der Waals surface area contributed by atoms with Gasteiger partial charge in [0.1, 0.15) is 5.76 Å². The van der Waals surface area contributed by atoms with E-state index in [1.54, 1.807) is 12.3 Å². The highest BCUT2D eigenvalue weighted by Gasteiger charge is 2.33. The lowest BCUT2D eigenvalue weighted by Gasteiger charge is -2.22. The van der Waals surface area contributed by atoms with Crippen molar-refractivity contribution in [3.05, 3.63) is 57.5 Å². The van der Waals surface area contributed by atoms with Gasteiger partial charge in [0.15, 0.2) is 0 Å². The topological polar surface area (TPSA) is 85.4 Å². The van der Waals surface area contributed by atoms with E-state index >= 15 is 0 Å². The molecule has 0 aliphatic heterocycles. The van der Waals surface area contributed by atoms with Crippen molar-refractivity contribution >= 4 is 23.4 Å². The number of nitro benzene ring substituents is 1. The van der Waals surface area contributed by atoms with Gasteiger partial charge in [-0.15, -0.1) is 11.8 Å². The number of nitro groups is 1. The van der Waals surface area contributed by atoms with Gasteiger partial charge in [-0.05, 0) is 31.0 Å². The second kappa shape index (κ2) is 7.63. The molecule has 1 amide bonds. The van der Waals surface area contributed by atoms with E-state index in [-0.39, 0.29) is 22.6 Å². The number of hydrogen-bond acceptors (Lipinski definition) is 5. The van der Waals surface area contributed by atoms with E-state index in [0.29, 0.717) is 6.07 Å². The zero-order chi connectivity index (χ0) is 19.6. The molecule has 1 unspecified atom stereocenters. The van der Waals surface area contributed by atoms with Crippen LogP contribution in [0.15, 0.2) is 39.8 Å². The molecule has 0 saturated carbocycles. The van der Waals surface area contributed by atoms with Crippen LogP contribution in [0.5, 0.6) is 0 Å². The lowest BCUT2D eigenvalue weighted by Crippen LogP contribution is -2.31. The van der Waals surface area contributed by atoms with Gasteiger partial charge in [-0.2, -0.15) is 13.2 Å². The Morgan fingerprint density at radius 3 is 2.85 bits per heavy atom. The largest absolute Gasteiger partial charge is 0.469 e. The van der Waals surface area contributed by atoms with Crippen molar-refractivity contribution in [2.24, 2.45) is 0 Å². The molecule has 0 saturated heterocycles. The molecule has 2 aromatic rings. The molecule has 3 rings (SSSR count). The average molecular weight is 400 g/mol. The third kappa shape index (κ3) is 4.44. The highest BCUT2D eigenvalue weighted by atomic mass is 32.2. The lowest BCUT2D eigenvalue weighted by molar-refractivity contribution is -0.388. The number of aryl methyl sites for hydroxylation is 1. The van der Waals surface area contributed by atoms with E-state index in [1.165, 1.54) is 0 Å². The van der Waals surface area contributed by atoms with Crippen LogP contribution in [0.25, 0.3) is 0 Å². The van der Waals surface area contributed by atoms with E-state index in [2.05, 4.69) is 5.32 Å². The molecule has 1 aliphatic carbocycles. The van der Waals surface area contributed by atoms with Crippen molar-refractivity contribution in [2.75, 3.05) is 5.75 Å². The lowest BCUT2D eigenvalue weighted by atomic mass is 9.93. The summed E-state index contributed by atoms with van der Waals surface area (Å²) >= 11 is 0.830. The molecule has 0 fully saturated rings. The van der Waals surface area contributed by atoms with Crippen LogP contribution in [0.2, 0.25) is 0 Å². The summed E-state index contributed by atoms with van der Waals surface area (Å²) in [5, 5.41) is 13.9. The zero-order valence-corrected chi connectivity index (χ0v) is 14.7. The van der Waals surface area contributed by atoms with Gasteiger partial charge in [-0.3, -0.25) is 14.9 Å². The predicted octanol–water partition coefficient (Wildman–Crippen LogP) is 4.49. The summed E-state index contributed by atoms with van der Waals surface area (Å²) in [5.74, 6) is 0.335. The molecule has 1 aromatic carbocycles. The average Bonchev–Trinajstić information content (AvgIpc) is 3.08. The highest BCUT2D eigenvalue weighted by Crippen LogP contribution is 2.37. The van der Waals surface area contributed by atoms with Gasteiger partial charge < -0.3 is 9.73 Å². The van der Waals surface area contributed by atoms with Crippen molar-refractivity contribution in [3.8, 4) is 0 Å². The maximum absolute atomic E-state index is 12.7. The van der Waals surface area contributed by atoms with Gasteiger partial charge in [0.2, 0.25) is 5.91 Å². The number of thioether (sulfide) groups is 1. The molecular weight excluding hydrogens is 385 g/mol. The summed E-state index contributed by atoms with van der Waals surface area (Å²) in [6, 6.07) is 3.88. The normalized spacial score (nSPS) is 16.6. The fourth-order valence-corrected chi connectivity index (χ4v) is 3.79. The quantitative estimate of drug-likeness (QED) is 0.454. The maximum atomic E-state index is 12.7. The number of nitrogens with one attached hydrogen (secondary N) is 1. The molecular formula is C17H15F3N2O4S. The number of alkyl halides is 3. The van der Waals surface area contributed by atoms with Crippen molar-refractivity contribution < 1.29 is 27.3 Å². The van der Waals surface area contributed by atoms with Crippen molar-refractivity contribution in [1.82, 2.24) is 5.32 Å². The number of carbonyl (C=O) groups excluding carboxylic acids is 1. The Morgan fingerprint density at radius 1 is 1.37 bits per heavy atom. The first-order valence-electron chi connectivity index (χ1n) is 8.10. The Bertz CT molecular complexity index is 866. The highest BCUT2D eigenvalue weighted by molar-refractivity contribution is 8.00. The van der Waals surface area contributed by atoms with Crippen LogP contribution in [0.1, 0.15) is 35.8 Å². The minimum Gasteiger partial charge on any atom is -0.469 e. The smallest absolute Gasteiger partial charge is 0.416 e. The van der Waals surface area contributed by atoms with Crippen LogP contribution in [0, 0.1) is 10.1 Å². The van der Waals surface area contributed by atoms with Gasteiger partial charge in [0, 0.05) is 18.1 Å². The Hall–Kier alpha value is -2.49. The summed E-state index contributed by atoms with van der Waals surface area (Å²) < 4.78 is 43.5. The first-order valence-corrected chi connectivity index (χ1v) is 9.08. The first kappa shape index (κ1) is 19.3. The molecule has 1 heterocycles. The molecule has 1 N–H and O–H groups in total. The molecule has 1 aromatic heterocycles. The van der Waals surface area contributed by atoms with Crippen molar-refractivity contribution in [2.45, 2.75) is 36.4 Å². The summed E-state index contributed by atoms with van der Waals surface area (Å²) in [5.41, 5.74) is -0.852. The number of fused-ring (bicyclic) bond motifs is 1. The van der Waals surface area contributed by atoms with Crippen molar-refractivity contribution in [3.63, 3.8) is 0 Å². The first-order chi connectivity index (χ1) is 12.8. The summed E-state index contributed by atoms with van der Waals surface area (Å²) in [4.78, 5) is 22.4. The number of carbonyl (C=O) groups is 1. The van der Waals surface area contributed by atoms with E-state index in [9.17, 15) is 28.1 Å². The van der Waals surface area contributed by atoms with Crippen LogP contribution >= 0.6 is 11.8 Å². The Kier molecular flexibility index (Phi) is 5.45. The third-order valence-electron chi connectivity index (χ3n) is 4.23. The molecule has 27 heavy (non-hydrogen) atoms. The standard InChI is InChI=1S/C17H15F3N2O4S/c18-17(19,20)10-4-5-15(13(8-10)22(24)25)27-9-16(23)21-12-2-1-3-14-11(12)6-7-26-14/h4-8,12H,1-3,9H2,(H,21,23). The Labute approximate surface area is 156 Å². The SMILES string of the molecule is O=C(CSc1ccc(C(F)(F)F)cc1[N+](=O)[O-])NC1CCCc2occc21. The van der Waals surface area contributed by atoms with Gasteiger partial charge >= 0.3 is 6.18 Å². The summed E-state index contributed by atoms with van der Waals surface area (Å²) in [6.45, 7) is 0. The van der Waals surface area contributed by atoms with Crippen LogP contribution in [-0.4, -0.2) is 16.6 Å². The number of furan rings is 1. The fourth-order valence-electron chi connectivity index (χ4n) is 2.97. The number of nitrogens with zero attached hydrogens (tertiary/aromatic N) is 1. The molecule has 0 bridgehead atoms. The van der Waals surface area contributed by atoms with Crippen LogP contribution in [0.3, 0.4) is 0 Å². The number of hydrogen-bond donors (Lipinski definition) is 1. The summed E-state index contributed by atoms with van der Waals surface area (Å²) in [6.07, 6.45) is -0.683.